The van der Waals surface area contributed by atoms with Gasteiger partial charge in [0, 0.05) is 17.9 Å². The first-order valence-corrected chi connectivity index (χ1v) is 9.31. The number of rotatable bonds is 6. The van der Waals surface area contributed by atoms with Crippen LogP contribution in [0.3, 0.4) is 0 Å². The predicted molar refractivity (Wildman–Crippen MR) is 91.9 cm³/mol. The summed E-state index contributed by atoms with van der Waals surface area (Å²) in [5.74, 6) is 0.322. The summed E-state index contributed by atoms with van der Waals surface area (Å²) in [4.78, 5) is 15.2. The van der Waals surface area contributed by atoms with Crippen molar-refractivity contribution in [3.63, 3.8) is 0 Å². The van der Waals surface area contributed by atoms with E-state index in [2.05, 4.69) is 39.9 Å². The first kappa shape index (κ1) is 16.5. The molecule has 3 heteroatoms. The fourth-order valence-electron chi connectivity index (χ4n) is 3.39. The highest BCUT2D eigenvalue weighted by molar-refractivity contribution is 9.09. The topological polar surface area (TPSA) is 20.3 Å². The quantitative estimate of drug-likeness (QED) is 0.678. The smallest absolute Gasteiger partial charge is 0.230 e. The SMILES string of the molecule is CCC(C(=O)N(CCBr)C1CCCCC1)c1ccccc1. The van der Waals surface area contributed by atoms with Gasteiger partial charge >= 0.3 is 0 Å². The van der Waals surface area contributed by atoms with Gasteiger partial charge in [-0.1, -0.05) is 72.4 Å². The third-order valence-electron chi connectivity index (χ3n) is 4.53. The van der Waals surface area contributed by atoms with Crippen LogP contribution >= 0.6 is 15.9 Å². The molecule has 116 valence electrons. The van der Waals surface area contributed by atoms with Crippen LogP contribution in [0.4, 0.5) is 0 Å². The van der Waals surface area contributed by atoms with Crippen molar-refractivity contribution in [2.75, 3.05) is 11.9 Å². The lowest BCUT2D eigenvalue weighted by Crippen LogP contribution is -2.44. The minimum Gasteiger partial charge on any atom is -0.338 e. The molecule has 0 bridgehead atoms. The van der Waals surface area contributed by atoms with E-state index in [1.165, 1.54) is 32.1 Å². The summed E-state index contributed by atoms with van der Waals surface area (Å²) in [7, 11) is 0. The third kappa shape index (κ3) is 4.32. The number of amides is 1. The van der Waals surface area contributed by atoms with Crippen LogP contribution < -0.4 is 0 Å². The largest absolute Gasteiger partial charge is 0.338 e. The van der Waals surface area contributed by atoms with Crippen LogP contribution in [0, 0.1) is 0 Å². The Morgan fingerprint density at radius 3 is 2.48 bits per heavy atom. The third-order valence-corrected chi connectivity index (χ3v) is 4.89. The first-order chi connectivity index (χ1) is 10.3. The molecule has 2 rings (SSSR count). The van der Waals surface area contributed by atoms with Crippen molar-refractivity contribution in [3.05, 3.63) is 35.9 Å². The molecule has 1 aromatic rings. The van der Waals surface area contributed by atoms with Gasteiger partial charge in [-0.25, -0.2) is 0 Å². The van der Waals surface area contributed by atoms with Gasteiger partial charge in [0.1, 0.15) is 0 Å². The van der Waals surface area contributed by atoms with Crippen LogP contribution in [-0.4, -0.2) is 28.7 Å². The minimum absolute atomic E-state index is 0.00664. The Morgan fingerprint density at radius 2 is 1.90 bits per heavy atom. The number of carbonyl (C=O) groups is 1. The monoisotopic (exact) mass is 351 g/mol. The maximum absolute atomic E-state index is 13.1. The molecule has 0 aromatic heterocycles. The van der Waals surface area contributed by atoms with Gasteiger partial charge in [0.25, 0.3) is 0 Å². The highest BCUT2D eigenvalue weighted by Crippen LogP contribution is 2.28. The lowest BCUT2D eigenvalue weighted by molar-refractivity contribution is -0.135. The normalized spacial score (nSPS) is 17.4. The molecule has 0 spiro atoms. The number of hydrogen-bond acceptors (Lipinski definition) is 1. The van der Waals surface area contributed by atoms with Gasteiger partial charge in [0.05, 0.1) is 5.92 Å². The summed E-state index contributed by atoms with van der Waals surface area (Å²) < 4.78 is 0. The number of benzene rings is 1. The molecule has 0 aliphatic heterocycles. The van der Waals surface area contributed by atoms with Crippen LogP contribution in [0.25, 0.3) is 0 Å². The second-order valence-electron chi connectivity index (χ2n) is 5.88. The van der Waals surface area contributed by atoms with Crippen molar-refractivity contribution in [3.8, 4) is 0 Å². The Hall–Kier alpha value is -0.830. The number of carbonyl (C=O) groups excluding carboxylic acids is 1. The molecule has 2 nitrogen and oxygen atoms in total. The second kappa shape index (κ2) is 8.57. The molecule has 1 unspecified atom stereocenters. The Bertz CT molecular complexity index is 428. The van der Waals surface area contributed by atoms with Crippen molar-refractivity contribution in [1.82, 2.24) is 4.90 Å². The molecule has 1 aliphatic carbocycles. The van der Waals surface area contributed by atoms with Crippen LogP contribution in [0.15, 0.2) is 30.3 Å². The van der Waals surface area contributed by atoms with E-state index in [9.17, 15) is 4.79 Å². The van der Waals surface area contributed by atoms with E-state index in [1.807, 2.05) is 18.2 Å². The molecule has 1 amide bonds. The Balaban J connectivity index is 2.15. The molecule has 0 radical (unpaired) electrons. The van der Waals surface area contributed by atoms with Gasteiger partial charge in [-0.2, -0.15) is 0 Å². The Kier molecular flexibility index (Phi) is 6.75. The van der Waals surface area contributed by atoms with Crippen LogP contribution in [-0.2, 0) is 4.79 Å². The molecular weight excluding hydrogens is 326 g/mol. The highest BCUT2D eigenvalue weighted by Gasteiger charge is 2.29. The standard InChI is InChI=1S/C18H26BrNO/c1-2-17(15-9-5-3-6-10-15)18(21)20(14-13-19)16-11-7-4-8-12-16/h3,5-6,9-10,16-17H,2,4,7-8,11-14H2,1H3. The van der Waals surface area contributed by atoms with Crippen molar-refractivity contribution < 1.29 is 4.79 Å². The van der Waals surface area contributed by atoms with E-state index >= 15 is 0 Å². The van der Waals surface area contributed by atoms with Gasteiger partial charge in [0.15, 0.2) is 0 Å². The van der Waals surface area contributed by atoms with Crippen LogP contribution in [0.2, 0.25) is 0 Å². The van der Waals surface area contributed by atoms with Crippen molar-refractivity contribution in [2.45, 2.75) is 57.4 Å². The van der Waals surface area contributed by atoms with Crippen molar-refractivity contribution in [1.29, 1.82) is 0 Å². The number of hydrogen-bond donors (Lipinski definition) is 0. The summed E-state index contributed by atoms with van der Waals surface area (Å²) in [6.45, 7) is 2.94. The first-order valence-electron chi connectivity index (χ1n) is 8.19. The van der Waals surface area contributed by atoms with Gasteiger partial charge in [-0.15, -0.1) is 0 Å². The van der Waals surface area contributed by atoms with E-state index < -0.39 is 0 Å². The molecule has 0 N–H and O–H groups in total. The predicted octanol–water partition coefficient (Wildman–Crippen LogP) is 4.74. The zero-order valence-electron chi connectivity index (χ0n) is 12.9. The molecule has 1 aromatic carbocycles. The van der Waals surface area contributed by atoms with Crippen molar-refractivity contribution >= 4 is 21.8 Å². The summed E-state index contributed by atoms with van der Waals surface area (Å²) in [5, 5.41) is 0.862. The molecular formula is C18H26BrNO. The number of nitrogens with zero attached hydrogens (tertiary/aromatic N) is 1. The van der Waals surface area contributed by atoms with E-state index in [1.54, 1.807) is 0 Å². The molecule has 0 heterocycles. The summed E-state index contributed by atoms with van der Waals surface area (Å²) in [5.41, 5.74) is 1.15. The van der Waals surface area contributed by atoms with E-state index in [-0.39, 0.29) is 5.92 Å². The lowest BCUT2D eigenvalue weighted by atomic mass is 9.90. The molecule has 1 saturated carbocycles. The highest BCUT2D eigenvalue weighted by atomic mass is 79.9. The molecule has 1 atom stereocenters. The fraction of sp³-hybridized carbons (Fsp3) is 0.611. The molecule has 21 heavy (non-hydrogen) atoms. The fourth-order valence-corrected chi connectivity index (χ4v) is 3.78. The lowest BCUT2D eigenvalue weighted by Gasteiger charge is -2.36. The maximum Gasteiger partial charge on any atom is 0.230 e. The number of halogens is 1. The van der Waals surface area contributed by atoms with Crippen LogP contribution in [0.1, 0.15) is 56.9 Å². The molecule has 1 fully saturated rings. The summed E-state index contributed by atoms with van der Waals surface area (Å²) in [6.07, 6.45) is 7.06. The average Bonchev–Trinajstić information content (AvgIpc) is 2.55. The van der Waals surface area contributed by atoms with Crippen molar-refractivity contribution in [2.24, 2.45) is 0 Å². The second-order valence-corrected chi connectivity index (χ2v) is 6.68. The Labute approximate surface area is 137 Å². The molecule has 0 saturated heterocycles. The average molecular weight is 352 g/mol. The van der Waals surface area contributed by atoms with Gasteiger partial charge in [-0.05, 0) is 24.8 Å². The summed E-state index contributed by atoms with van der Waals surface area (Å²) >= 11 is 3.52. The maximum atomic E-state index is 13.1. The van der Waals surface area contributed by atoms with E-state index in [0.717, 1.165) is 23.9 Å². The van der Waals surface area contributed by atoms with Crippen LogP contribution in [0.5, 0.6) is 0 Å². The zero-order valence-corrected chi connectivity index (χ0v) is 14.5. The van der Waals surface area contributed by atoms with E-state index in [4.69, 9.17) is 0 Å². The van der Waals surface area contributed by atoms with Gasteiger partial charge in [-0.3, -0.25) is 4.79 Å². The minimum atomic E-state index is 0.00664. The van der Waals surface area contributed by atoms with E-state index in [0.29, 0.717) is 11.9 Å². The zero-order chi connectivity index (χ0) is 15.1. The summed E-state index contributed by atoms with van der Waals surface area (Å²) in [6, 6.07) is 10.7. The Morgan fingerprint density at radius 1 is 1.24 bits per heavy atom. The van der Waals surface area contributed by atoms with Gasteiger partial charge < -0.3 is 4.90 Å². The molecule has 1 aliphatic rings. The van der Waals surface area contributed by atoms with Gasteiger partial charge in [0.2, 0.25) is 5.91 Å². The number of alkyl halides is 1.